The van der Waals surface area contributed by atoms with Gasteiger partial charge in [-0.3, -0.25) is 0 Å². The van der Waals surface area contributed by atoms with Gasteiger partial charge < -0.3 is 19.2 Å². The lowest BCUT2D eigenvalue weighted by Crippen LogP contribution is -2.34. The maximum atomic E-state index is 10.4. The molecule has 1 unspecified atom stereocenters. The third-order valence-electron chi connectivity index (χ3n) is 3.46. The largest absolute Gasteiger partial charge is 0.463 e. The molecule has 21 heavy (non-hydrogen) atoms. The summed E-state index contributed by atoms with van der Waals surface area (Å²) in [5.41, 5.74) is 0.822. The quantitative estimate of drug-likeness (QED) is 0.754. The minimum atomic E-state index is -1.03. The first kappa shape index (κ1) is 13.9. The number of hydrogen-bond donors (Lipinski definition) is 2. The molecular weight excluding hydrogens is 266 g/mol. The van der Waals surface area contributed by atoms with Crippen LogP contribution in [0.25, 0.3) is 5.65 Å². The predicted molar refractivity (Wildman–Crippen MR) is 79.9 cm³/mol. The number of pyridine rings is 1. The Bertz CT molecular complexity index is 710. The monoisotopic (exact) mass is 285 g/mol. The number of fused-ring (bicyclic) bond motifs is 1. The summed E-state index contributed by atoms with van der Waals surface area (Å²) in [7, 11) is 0. The van der Waals surface area contributed by atoms with E-state index in [-0.39, 0.29) is 0 Å². The van der Waals surface area contributed by atoms with Crippen molar-refractivity contribution in [3.8, 4) is 0 Å². The van der Waals surface area contributed by atoms with Gasteiger partial charge in [0, 0.05) is 25.5 Å². The summed E-state index contributed by atoms with van der Waals surface area (Å²) in [6.07, 6.45) is 3.95. The Morgan fingerprint density at radius 3 is 2.90 bits per heavy atom. The van der Waals surface area contributed by atoms with Crippen LogP contribution in [0.5, 0.6) is 0 Å². The van der Waals surface area contributed by atoms with Crippen LogP contribution in [0, 0.1) is 6.92 Å². The maximum Gasteiger partial charge on any atom is 0.137 e. The van der Waals surface area contributed by atoms with E-state index in [1.165, 1.54) is 0 Å². The zero-order valence-corrected chi connectivity index (χ0v) is 12.2. The van der Waals surface area contributed by atoms with Gasteiger partial charge in [-0.2, -0.15) is 0 Å². The van der Waals surface area contributed by atoms with Gasteiger partial charge in [0.2, 0.25) is 0 Å². The van der Waals surface area contributed by atoms with Gasteiger partial charge in [-0.1, -0.05) is 6.07 Å². The third-order valence-corrected chi connectivity index (χ3v) is 3.46. The van der Waals surface area contributed by atoms with E-state index in [9.17, 15) is 5.11 Å². The first-order chi connectivity index (χ1) is 10.0. The van der Waals surface area contributed by atoms with E-state index < -0.39 is 5.60 Å². The summed E-state index contributed by atoms with van der Waals surface area (Å²) in [6.45, 7) is 4.59. The molecule has 0 amide bonds. The van der Waals surface area contributed by atoms with Crippen molar-refractivity contribution in [1.29, 1.82) is 0 Å². The molecule has 5 heteroatoms. The molecular formula is C16H19N3O2. The molecule has 0 aliphatic heterocycles. The van der Waals surface area contributed by atoms with E-state index >= 15 is 0 Å². The molecule has 110 valence electrons. The van der Waals surface area contributed by atoms with E-state index in [0.29, 0.717) is 18.8 Å². The standard InChI is InChI=1S/C16H19N3O2/c1-12-6-7-14(21-12)16(2,20)11-17-9-13-10-19-8-4-3-5-15(19)18-13/h3-8,10,17,20H,9,11H2,1-2H3. The van der Waals surface area contributed by atoms with Crippen LogP contribution in [0.4, 0.5) is 0 Å². The summed E-state index contributed by atoms with van der Waals surface area (Å²) in [5.74, 6) is 1.37. The van der Waals surface area contributed by atoms with Crippen molar-refractivity contribution in [2.24, 2.45) is 0 Å². The Morgan fingerprint density at radius 1 is 1.33 bits per heavy atom. The Labute approximate surface area is 123 Å². The molecule has 5 nitrogen and oxygen atoms in total. The molecule has 0 spiro atoms. The molecule has 1 atom stereocenters. The zero-order valence-electron chi connectivity index (χ0n) is 12.2. The van der Waals surface area contributed by atoms with Gasteiger partial charge in [0.15, 0.2) is 0 Å². The van der Waals surface area contributed by atoms with Gasteiger partial charge in [-0.05, 0) is 38.1 Å². The molecule has 0 aliphatic carbocycles. The van der Waals surface area contributed by atoms with Crippen LogP contribution in [0.1, 0.15) is 24.1 Å². The van der Waals surface area contributed by atoms with Crippen LogP contribution in [0.2, 0.25) is 0 Å². The number of imidazole rings is 1. The van der Waals surface area contributed by atoms with Crippen LogP contribution in [0.15, 0.2) is 47.1 Å². The van der Waals surface area contributed by atoms with Crippen molar-refractivity contribution in [2.75, 3.05) is 6.54 Å². The number of aliphatic hydroxyl groups is 1. The van der Waals surface area contributed by atoms with Gasteiger partial charge in [0.1, 0.15) is 22.8 Å². The summed E-state index contributed by atoms with van der Waals surface area (Å²) in [4.78, 5) is 4.50. The Morgan fingerprint density at radius 2 is 2.19 bits per heavy atom. The smallest absolute Gasteiger partial charge is 0.137 e. The molecule has 0 aliphatic rings. The minimum absolute atomic E-state index is 0.397. The fourth-order valence-electron chi connectivity index (χ4n) is 2.32. The zero-order chi connectivity index (χ0) is 14.9. The lowest BCUT2D eigenvalue weighted by Gasteiger charge is -2.21. The molecule has 0 fully saturated rings. The second-order valence-electron chi connectivity index (χ2n) is 5.49. The average Bonchev–Trinajstić information content (AvgIpc) is 3.04. The molecule has 3 aromatic heterocycles. The highest BCUT2D eigenvalue weighted by Gasteiger charge is 2.26. The predicted octanol–water partition coefficient (Wildman–Crippen LogP) is 2.23. The van der Waals surface area contributed by atoms with Crippen molar-refractivity contribution in [1.82, 2.24) is 14.7 Å². The van der Waals surface area contributed by atoms with Gasteiger partial charge >= 0.3 is 0 Å². The normalized spacial score (nSPS) is 14.4. The Hall–Kier alpha value is -2.11. The van der Waals surface area contributed by atoms with Crippen LogP contribution in [-0.2, 0) is 12.1 Å². The van der Waals surface area contributed by atoms with Crippen molar-refractivity contribution >= 4 is 5.65 Å². The Balaban J connectivity index is 1.62. The van der Waals surface area contributed by atoms with Gasteiger partial charge in [0.25, 0.3) is 0 Å². The first-order valence-electron chi connectivity index (χ1n) is 6.97. The molecule has 0 aromatic carbocycles. The van der Waals surface area contributed by atoms with Crippen LogP contribution >= 0.6 is 0 Å². The molecule has 2 N–H and O–H groups in total. The molecule has 0 bridgehead atoms. The second kappa shape index (κ2) is 5.35. The van der Waals surface area contributed by atoms with E-state index in [2.05, 4.69) is 10.3 Å². The maximum absolute atomic E-state index is 10.4. The van der Waals surface area contributed by atoms with Crippen molar-refractivity contribution in [3.05, 3.63) is 59.9 Å². The fourth-order valence-corrected chi connectivity index (χ4v) is 2.32. The summed E-state index contributed by atoms with van der Waals surface area (Å²) < 4.78 is 7.47. The van der Waals surface area contributed by atoms with E-state index in [4.69, 9.17) is 4.42 Å². The van der Waals surface area contributed by atoms with Gasteiger partial charge in [-0.15, -0.1) is 0 Å². The molecule has 3 rings (SSSR count). The Kier molecular flexibility index (Phi) is 3.53. The topological polar surface area (TPSA) is 62.7 Å². The van der Waals surface area contributed by atoms with E-state index in [1.54, 1.807) is 6.92 Å². The summed E-state index contributed by atoms with van der Waals surface area (Å²) in [5, 5.41) is 13.7. The molecule has 0 radical (unpaired) electrons. The molecule has 3 heterocycles. The number of hydrogen-bond acceptors (Lipinski definition) is 4. The SMILES string of the molecule is Cc1ccc(C(C)(O)CNCc2cn3ccccc3n2)o1. The fraction of sp³-hybridized carbons (Fsp3) is 0.312. The number of furan rings is 1. The van der Waals surface area contributed by atoms with Crippen molar-refractivity contribution < 1.29 is 9.52 Å². The van der Waals surface area contributed by atoms with Crippen molar-refractivity contribution in [2.45, 2.75) is 26.0 Å². The highest BCUT2D eigenvalue weighted by Crippen LogP contribution is 2.22. The second-order valence-corrected chi connectivity index (χ2v) is 5.49. The molecule has 0 saturated carbocycles. The third kappa shape index (κ3) is 2.99. The lowest BCUT2D eigenvalue weighted by molar-refractivity contribution is 0.0332. The number of rotatable bonds is 5. The van der Waals surface area contributed by atoms with Crippen LogP contribution in [-0.4, -0.2) is 21.0 Å². The molecule has 3 aromatic rings. The first-order valence-corrected chi connectivity index (χ1v) is 6.97. The van der Waals surface area contributed by atoms with Gasteiger partial charge in [-0.25, -0.2) is 4.98 Å². The highest BCUT2D eigenvalue weighted by molar-refractivity contribution is 5.39. The number of aromatic nitrogens is 2. The number of nitrogens with zero attached hydrogens (tertiary/aromatic N) is 2. The highest BCUT2D eigenvalue weighted by atomic mass is 16.4. The van der Waals surface area contributed by atoms with Crippen molar-refractivity contribution in [3.63, 3.8) is 0 Å². The van der Waals surface area contributed by atoms with E-state index in [0.717, 1.165) is 17.1 Å². The summed E-state index contributed by atoms with van der Waals surface area (Å²) in [6, 6.07) is 9.55. The lowest BCUT2D eigenvalue weighted by atomic mass is 10.0. The molecule has 0 saturated heterocycles. The van der Waals surface area contributed by atoms with Gasteiger partial charge in [0.05, 0.1) is 5.69 Å². The number of nitrogens with one attached hydrogen (secondary N) is 1. The van der Waals surface area contributed by atoms with E-state index in [1.807, 2.05) is 54.0 Å². The van der Waals surface area contributed by atoms with Crippen LogP contribution < -0.4 is 5.32 Å². The number of aryl methyl sites for hydroxylation is 1. The minimum Gasteiger partial charge on any atom is -0.463 e. The summed E-state index contributed by atoms with van der Waals surface area (Å²) >= 11 is 0. The average molecular weight is 285 g/mol. The van der Waals surface area contributed by atoms with Crippen LogP contribution in [0.3, 0.4) is 0 Å².